The fourth-order valence-electron chi connectivity index (χ4n) is 1.68. The number of nitro benzene ring substituents is 1. The van der Waals surface area contributed by atoms with Crippen molar-refractivity contribution < 1.29 is 19.3 Å². The number of nitro groups is 1. The van der Waals surface area contributed by atoms with E-state index in [1.54, 1.807) is 30.3 Å². The number of anilines is 1. The Hall–Kier alpha value is -3.46. The minimum absolute atomic E-state index is 0.0722. The quantitative estimate of drug-likeness (QED) is 0.428. The Labute approximate surface area is 130 Å². The number of rotatable bonds is 5. The first-order chi connectivity index (χ1) is 11.0. The van der Waals surface area contributed by atoms with Crippen LogP contribution in [0.3, 0.4) is 0 Å². The van der Waals surface area contributed by atoms with Crippen molar-refractivity contribution in [3.8, 4) is 0 Å². The molecule has 0 heterocycles. The lowest BCUT2D eigenvalue weighted by atomic mass is 10.1. The molecule has 23 heavy (non-hydrogen) atoms. The van der Waals surface area contributed by atoms with E-state index in [4.69, 9.17) is 5.73 Å². The third-order valence-corrected chi connectivity index (χ3v) is 2.81. The maximum Gasteiger partial charge on any atom is 0.360 e. The van der Waals surface area contributed by atoms with Crippen LogP contribution in [0.5, 0.6) is 0 Å². The smallest absolute Gasteiger partial charge is 0.360 e. The molecule has 0 aromatic heterocycles. The summed E-state index contributed by atoms with van der Waals surface area (Å²) >= 11 is 0. The lowest BCUT2D eigenvalue weighted by molar-refractivity contribution is -0.384. The summed E-state index contributed by atoms with van der Waals surface area (Å²) in [4.78, 5) is 38.0. The Kier molecular flexibility index (Phi) is 4.85. The molecule has 0 bridgehead atoms. The van der Waals surface area contributed by atoms with Gasteiger partial charge in [0.15, 0.2) is 0 Å². The van der Waals surface area contributed by atoms with Gasteiger partial charge in [0.05, 0.1) is 16.2 Å². The number of carbonyl (C=O) groups is 2. The SMILES string of the molecule is Nc1cc([N+](=O)[O-])ccc1C(=O)ONNC(=O)c1ccccc1. The first-order valence-corrected chi connectivity index (χ1v) is 6.34. The van der Waals surface area contributed by atoms with Gasteiger partial charge in [-0.25, -0.2) is 4.79 Å². The summed E-state index contributed by atoms with van der Waals surface area (Å²) < 4.78 is 0. The van der Waals surface area contributed by atoms with E-state index in [0.29, 0.717) is 5.56 Å². The molecular formula is C14H12N4O5. The van der Waals surface area contributed by atoms with E-state index in [-0.39, 0.29) is 16.9 Å². The van der Waals surface area contributed by atoms with Crippen LogP contribution in [-0.4, -0.2) is 16.8 Å². The van der Waals surface area contributed by atoms with Crippen LogP contribution >= 0.6 is 0 Å². The Morgan fingerprint density at radius 3 is 2.43 bits per heavy atom. The van der Waals surface area contributed by atoms with Crippen molar-refractivity contribution in [1.29, 1.82) is 0 Å². The van der Waals surface area contributed by atoms with Gasteiger partial charge in [0, 0.05) is 17.7 Å². The molecule has 9 nitrogen and oxygen atoms in total. The number of hydrazine groups is 1. The topological polar surface area (TPSA) is 137 Å². The van der Waals surface area contributed by atoms with Gasteiger partial charge in [-0.3, -0.25) is 20.3 Å². The second-order valence-electron chi connectivity index (χ2n) is 4.34. The molecule has 118 valence electrons. The van der Waals surface area contributed by atoms with Crippen LogP contribution in [0.1, 0.15) is 20.7 Å². The van der Waals surface area contributed by atoms with Crippen molar-refractivity contribution in [2.45, 2.75) is 0 Å². The monoisotopic (exact) mass is 316 g/mol. The molecule has 1 amide bonds. The second kappa shape index (κ2) is 7.00. The fraction of sp³-hybridized carbons (Fsp3) is 0. The highest BCUT2D eigenvalue weighted by Crippen LogP contribution is 2.20. The van der Waals surface area contributed by atoms with Gasteiger partial charge in [-0.1, -0.05) is 23.8 Å². The molecule has 9 heteroatoms. The Balaban J connectivity index is 1.93. The average Bonchev–Trinajstić information content (AvgIpc) is 2.55. The number of nitrogens with one attached hydrogen (secondary N) is 2. The van der Waals surface area contributed by atoms with Crippen LogP contribution in [0.2, 0.25) is 0 Å². The number of carbonyl (C=O) groups excluding carboxylic acids is 2. The van der Waals surface area contributed by atoms with Crippen LogP contribution in [0.4, 0.5) is 11.4 Å². The van der Waals surface area contributed by atoms with Crippen molar-refractivity contribution >= 4 is 23.3 Å². The van der Waals surface area contributed by atoms with Crippen LogP contribution in [0.25, 0.3) is 0 Å². The van der Waals surface area contributed by atoms with Crippen LogP contribution in [-0.2, 0) is 4.84 Å². The zero-order chi connectivity index (χ0) is 16.8. The first kappa shape index (κ1) is 15.9. The van der Waals surface area contributed by atoms with Gasteiger partial charge < -0.3 is 10.6 Å². The summed E-state index contributed by atoms with van der Waals surface area (Å²) in [5.41, 5.74) is 9.68. The Morgan fingerprint density at radius 2 is 1.83 bits per heavy atom. The molecule has 0 fully saturated rings. The van der Waals surface area contributed by atoms with E-state index >= 15 is 0 Å². The molecule has 0 spiro atoms. The van der Waals surface area contributed by atoms with Crippen LogP contribution in [0.15, 0.2) is 48.5 Å². The van der Waals surface area contributed by atoms with Crippen molar-refractivity contribution in [3.63, 3.8) is 0 Å². The van der Waals surface area contributed by atoms with Gasteiger partial charge in [-0.05, 0) is 18.2 Å². The highest BCUT2D eigenvalue weighted by atomic mass is 16.7. The molecule has 0 radical (unpaired) electrons. The molecule has 0 saturated heterocycles. The maximum atomic E-state index is 11.8. The van der Waals surface area contributed by atoms with Gasteiger partial charge in [0.2, 0.25) is 0 Å². The average molecular weight is 316 g/mol. The molecule has 0 aliphatic rings. The van der Waals surface area contributed by atoms with E-state index in [1.807, 2.05) is 5.59 Å². The number of hydrogen-bond donors (Lipinski definition) is 3. The molecule has 2 aromatic rings. The zero-order valence-corrected chi connectivity index (χ0v) is 11.7. The standard InChI is InChI=1S/C14H12N4O5/c15-12-8-10(18(21)22)6-7-11(12)14(20)23-17-16-13(19)9-4-2-1-3-5-9/h1-8,17H,15H2,(H,16,19). The molecule has 2 aromatic carbocycles. The minimum atomic E-state index is -0.897. The molecule has 0 saturated carbocycles. The molecule has 0 atom stereocenters. The number of nitrogens with zero attached hydrogens (tertiary/aromatic N) is 1. The number of hydrogen-bond acceptors (Lipinski definition) is 7. The van der Waals surface area contributed by atoms with Gasteiger partial charge in [0.25, 0.3) is 11.6 Å². The van der Waals surface area contributed by atoms with Crippen molar-refractivity contribution in [1.82, 2.24) is 11.0 Å². The summed E-state index contributed by atoms with van der Waals surface area (Å²) in [5.74, 6) is -1.40. The summed E-state index contributed by atoms with van der Waals surface area (Å²) in [7, 11) is 0. The predicted octanol–water partition coefficient (Wildman–Crippen LogP) is 1.18. The van der Waals surface area contributed by atoms with E-state index < -0.39 is 16.8 Å². The zero-order valence-electron chi connectivity index (χ0n) is 11.7. The number of non-ortho nitro benzene ring substituents is 1. The fourth-order valence-corrected chi connectivity index (χ4v) is 1.68. The predicted molar refractivity (Wildman–Crippen MR) is 80.0 cm³/mol. The van der Waals surface area contributed by atoms with Crippen molar-refractivity contribution in [3.05, 3.63) is 69.8 Å². The van der Waals surface area contributed by atoms with Gasteiger partial charge in [-0.15, -0.1) is 0 Å². The summed E-state index contributed by atoms with van der Waals surface area (Å²) in [6.07, 6.45) is 0. The van der Waals surface area contributed by atoms with Gasteiger partial charge in [-0.2, -0.15) is 0 Å². The molecular weight excluding hydrogens is 304 g/mol. The van der Waals surface area contributed by atoms with E-state index in [1.165, 1.54) is 0 Å². The number of nitrogens with two attached hydrogens (primary N) is 1. The third-order valence-electron chi connectivity index (χ3n) is 2.81. The van der Waals surface area contributed by atoms with E-state index in [2.05, 4.69) is 10.3 Å². The van der Waals surface area contributed by atoms with Crippen LogP contribution < -0.4 is 16.7 Å². The summed E-state index contributed by atoms with van der Waals surface area (Å²) in [6, 6.07) is 11.6. The number of nitrogen functional groups attached to an aromatic ring is 1. The first-order valence-electron chi connectivity index (χ1n) is 6.34. The molecule has 2 rings (SSSR count). The molecule has 0 aliphatic heterocycles. The van der Waals surface area contributed by atoms with Crippen LogP contribution in [0, 0.1) is 10.1 Å². The second-order valence-corrected chi connectivity index (χ2v) is 4.34. The van der Waals surface area contributed by atoms with Gasteiger partial charge >= 0.3 is 5.97 Å². The Morgan fingerprint density at radius 1 is 1.13 bits per heavy atom. The number of benzene rings is 2. The highest BCUT2D eigenvalue weighted by molar-refractivity contribution is 5.96. The largest absolute Gasteiger partial charge is 0.398 e. The molecule has 0 aliphatic carbocycles. The van der Waals surface area contributed by atoms with Crippen molar-refractivity contribution in [2.24, 2.45) is 0 Å². The molecule has 4 N–H and O–H groups in total. The lowest BCUT2D eigenvalue weighted by Crippen LogP contribution is -2.39. The maximum absolute atomic E-state index is 11.8. The van der Waals surface area contributed by atoms with E-state index in [9.17, 15) is 19.7 Å². The summed E-state index contributed by atoms with van der Waals surface area (Å²) in [5, 5.41) is 10.6. The summed E-state index contributed by atoms with van der Waals surface area (Å²) in [6.45, 7) is 0. The van der Waals surface area contributed by atoms with E-state index in [0.717, 1.165) is 18.2 Å². The van der Waals surface area contributed by atoms with Gasteiger partial charge in [0.1, 0.15) is 0 Å². The highest BCUT2D eigenvalue weighted by Gasteiger charge is 2.16. The number of amides is 1. The van der Waals surface area contributed by atoms with Crippen molar-refractivity contribution in [2.75, 3.05) is 5.73 Å². The Bertz CT molecular complexity index is 748. The lowest BCUT2D eigenvalue weighted by Gasteiger charge is -2.08. The normalized spacial score (nSPS) is 9.91. The minimum Gasteiger partial charge on any atom is -0.398 e. The third kappa shape index (κ3) is 4.02. The molecule has 0 unspecified atom stereocenters.